The van der Waals surface area contributed by atoms with Crippen LogP contribution in [0.15, 0.2) is 12.1 Å². The Hall–Kier alpha value is -0.420. The summed E-state index contributed by atoms with van der Waals surface area (Å²) in [5.74, 6) is 0. The van der Waals surface area contributed by atoms with Gasteiger partial charge in [-0.15, -0.1) is 11.3 Å². The molecule has 1 aromatic heterocycles. The summed E-state index contributed by atoms with van der Waals surface area (Å²) in [7, 11) is 6.64. The van der Waals surface area contributed by atoms with Gasteiger partial charge in [-0.3, -0.25) is 0 Å². The van der Waals surface area contributed by atoms with Crippen LogP contribution >= 0.6 is 11.3 Å². The molecule has 3 nitrogen and oxygen atoms in total. The van der Waals surface area contributed by atoms with E-state index in [-0.39, 0.29) is 0 Å². The van der Waals surface area contributed by atoms with Gasteiger partial charge in [0.1, 0.15) is 0 Å². The van der Waals surface area contributed by atoms with Crippen LogP contribution in [0.4, 0.5) is 0 Å². The molecule has 2 unspecified atom stereocenters. The zero-order chi connectivity index (χ0) is 14.5. The second-order valence-corrected chi connectivity index (χ2v) is 7.24. The smallest absolute Gasteiger partial charge is 0.0376 e. The number of hydrogen-bond acceptors (Lipinski definition) is 4. The maximum Gasteiger partial charge on any atom is 0.0376 e. The lowest BCUT2D eigenvalue weighted by Crippen LogP contribution is -2.52. The largest absolute Gasteiger partial charge is 0.315 e. The molecule has 0 bridgehead atoms. The summed E-state index contributed by atoms with van der Waals surface area (Å²) in [4.78, 5) is 8.03. The van der Waals surface area contributed by atoms with E-state index in [4.69, 9.17) is 0 Å². The number of nitrogens with one attached hydrogen (secondary N) is 1. The summed E-state index contributed by atoms with van der Waals surface area (Å²) in [5.41, 5.74) is 0. The highest BCUT2D eigenvalue weighted by molar-refractivity contribution is 7.11. The summed E-state index contributed by atoms with van der Waals surface area (Å²) in [5, 5.41) is 3.56. The van der Waals surface area contributed by atoms with Crippen molar-refractivity contribution in [3.8, 4) is 0 Å². The van der Waals surface area contributed by atoms with Gasteiger partial charge < -0.3 is 15.1 Å². The predicted molar refractivity (Wildman–Crippen MR) is 88.8 cm³/mol. The predicted octanol–water partition coefficient (Wildman–Crippen LogP) is 2.08. The number of thiophene rings is 1. The Kier molecular flexibility index (Phi) is 6.02. The highest BCUT2D eigenvalue weighted by Gasteiger charge is 2.27. The average molecular weight is 295 g/mol. The molecule has 2 rings (SSSR count). The molecule has 1 aromatic rings. The number of hydrogen-bond donors (Lipinski definition) is 1. The van der Waals surface area contributed by atoms with Gasteiger partial charge in [-0.25, -0.2) is 0 Å². The molecule has 0 aliphatic carbocycles. The zero-order valence-corrected chi connectivity index (χ0v) is 14.2. The van der Waals surface area contributed by atoms with Crippen LogP contribution in [0.5, 0.6) is 0 Å². The minimum atomic E-state index is 0.531. The highest BCUT2D eigenvalue weighted by atomic mass is 32.1. The van der Waals surface area contributed by atoms with Crippen LogP contribution in [0.3, 0.4) is 0 Å². The molecule has 0 aromatic carbocycles. The second-order valence-electron chi connectivity index (χ2n) is 5.98. The van der Waals surface area contributed by atoms with Gasteiger partial charge in [-0.1, -0.05) is 6.92 Å². The normalized spacial score (nSPS) is 23.7. The van der Waals surface area contributed by atoms with Gasteiger partial charge in [0.05, 0.1) is 0 Å². The molecule has 20 heavy (non-hydrogen) atoms. The molecule has 1 aliphatic heterocycles. The van der Waals surface area contributed by atoms with Crippen LogP contribution in [0, 0.1) is 0 Å². The van der Waals surface area contributed by atoms with Crippen LogP contribution in [0.25, 0.3) is 0 Å². The van der Waals surface area contributed by atoms with E-state index in [1.165, 1.54) is 29.3 Å². The quantitative estimate of drug-likeness (QED) is 0.897. The third kappa shape index (κ3) is 4.04. The van der Waals surface area contributed by atoms with Gasteiger partial charge in [-0.05, 0) is 65.6 Å². The minimum Gasteiger partial charge on any atom is -0.315 e. The van der Waals surface area contributed by atoms with Crippen molar-refractivity contribution in [3.05, 3.63) is 21.9 Å². The van der Waals surface area contributed by atoms with Gasteiger partial charge in [0.25, 0.3) is 0 Å². The molecule has 2 heterocycles. The van der Waals surface area contributed by atoms with Crippen LogP contribution in [-0.4, -0.2) is 62.7 Å². The van der Waals surface area contributed by atoms with Crippen molar-refractivity contribution < 1.29 is 0 Å². The van der Waals surface area contributed by atoms with E-state index in [0.29, 0.717) is 12.1 Å². The maximum atomic E-state index is 3.56. The molecule has 1 aliphatic rings. The summed E-state index contributed by atoms with van der Waals surface area (Å²) < 4.78 is 0. The molecule has 1 fully saturated rings. The lowest BCUT2D eigenvalue weighted by Gasteiger charge is -2.34. The first-order valence-corrected chi connectivity index (χ1v) is 8.59. The van der Waals surface area contributed by atoms with Gasteiger partial charge in [0, 0.05) is 28.4 Å². The average Bonchev–Trinajstić information content (AvgIpc) is 2.83. The third-order valence-corrected chi connectivity index (χ3v) is 5.69. The van der Waals surface area contributed by atoms with Crippen molar-refractivity contribution in [2.75, 3.05) is 40.8 Å². The van der Waals surface area contributed by atoms with Crippen molar-refractivity contribution in [1.29, 1.82) is 0 Å². The Labute approximate surface area is 128 Å². The lowest BCUT2D eigenvalue weighted by atomic mass is 10.0. The lowest BCUT2D eigenvalue weighted by molar-refractivity contribution is 0.181. The van der Waals surface area contributed by atoms with Crippen LogP contribution < -0.4 is 5.32 Å². The van der Waals surface area contributed by atoms with E-state index in [9.17, 15) is 0 Å². The zero-order valence-electron chi connectivity index (χ0n) is 13.4. The number of rotatable bonds is 5. The molecule has 0 amide bonds. The van der Waals surface area contributed by atoms with Gasteiger partial charge >= 0.3 is 0 Å². The third-order valence-electron chi connectivity index (χ3n) is 4.44. The number of nitrogens with zero attached hydrogens (tertiary/aromatic N) is 2. The fourth-order valence-electron chi connectivity index (χ4n) is 3.11. The van der Waals surface area contributed by atoms with E-state index in [1.807, 2.05) is 11.3 Å². The molecule has 2 atom stereocenters. The maximum absolute atomic E-state index is 3.56. The number of aryl methyl sites for hydroxylation is 1. The fraction of sp³-hybridized carbons (Fsp3) is 0.750. The standard InChI is InChI=1S/C16H29N3S/c1-5-13-7-8-14(20-13)11-15(17-2)16-12-18(3)9-6-10-19(16)4/h7-8,15-17H,5-6,9-12H2,1-4H3. The molecule has 0 spiro atoms. The molecule has 0 radical (unpaired) electrons. The Morgan fingerprint density at radius 1 is 1.30 bits per heavy atom. The first kappa shape index (κ1) is 16.0. The molecule has 1 saturated heterocycles. The van der Waals surface area contributed by atoms with Gasteiger partial charge in [-0.2, -0.15) is 0 Å². The Morgan fingerprint density at radius 2 is 2.05 bits per heavy atom. The molecule has 4 heteroatoms. The second kappa shape index (κ2) is 7.55. The molecule has 114 valence electrons. The van der Waals surface area contributed by atoms with Gasteiger partial charge in [0.2, 0.25) is 0 Å². The summed E-state index contributed by atoms with van der Waals surface area (Å²) >= 11 is 1.98. The van der Waals surface area contributed by atoms with E-state index in [2.05, 4.69) is 55.3 Å². The van der Waals surface area contributed by atoms with Crippen molar-refractivity contribution >= 4 is 11.3 Å². The summed E-state index contributed by atoms with van der Waals surface area (Å²) in [6.45, 7) is 5.82. The summed E-state index contributed by atoms with van der Waals surface area (Å²) in [6, 6.07) is 5.73. The fourth-order valence-corrected chi connectivity index (χ4v) is 4.13. The van der Waals surface area contributed by atoms with Crippen LogP contribution in [0.1, 0.15) is 23.1 Å². The summed E-state index contributed by atoms with van der Waals surface area (Å²) in [6.07, 6.45) is 3.57. The highest BCUT2D eigenvalue weighted by Crippen LogP contribution is 2.21. The van der Waals surface area contributed by atoms with Gasteiger partial charge in [0.15, 0.2) is 0 Å². The Morgan fingerprint density at radius 3 is 2.70 bits per heavy atom. The van der Waals surface area contributed by atoms with Crippen molar-refractivity contribution in [1.82, 2.24) is 15.1 Å². The van der Waals surface area contributed by atoms with Crippen molar-refractivity contribution in [2.24, 2.45) is 0 Å². The van der Waals surface area contributed by atoms with Crippen molar-refractivity contribution in [2.45, 2.75) is 38.3 Å². The first-order chi connectivity index (χ1) is 9.63. The topological polar surface area (TPSA) is 18.5 Å². The Balaban J connectivity index is 2.05. The SMILES string of the molecule is CCc1ccc(CC(NC)C2CN(C)CCCN2C)s1. The Bertz CT molecular complexity index is 404. The first-order valence-electron chi connectivity index (χ1n) is 7.77. The molecule has 0 saturated carbocycles. The minimum absolute atomic E-state index is 0.531. The van der Waals surface area contributed by atoms with E-state index in [0.717, 1.165) is 19.4 Å². The van der Waals surface area contributed by atoms with E-state index < -0.39 is 0 Å². The van der Waals surface area contributed by atoms with Crippen molar-refractivity contribution in [3.63, 3.8) is 0 Å². The molecule has 1 N–H and O–H groups in total. The monoisotopic (exact) mass is 295 g/mol. The number of likely N-dealkylation sites (N-methyl/N-ethyl adjacent to an activating group) is 3. The van der Waals surface area contributed by atoms with E-state index in [1.54, 1.807) is 0 Å². The van der Waals surface area contributed by atoms with Crippen LogP contribution in [0.2, 0.25) is 0 Å². The molecular formula is C16H29N3S. The van der Waals surface area contributed by atoms with Crippen LogP contribution in [-0.2, 0) is 12.8 Å². The molecular weight excluding hydrogens is 266 g/mol. The van der Waals surface area contributed by atoms with E-state index >= 15 is 0 Å².